The van der Waals surface area contributed by atoms with Gasteiger partial charge in [0, 0.05) is 23.4 Å². The Morgan fingerprint density at radius 2 is 1.86 bits per heavy atom. The molecule has 146 valence electrons. The first-order valence-corrected chi connectivity index (χ1v) is 9.17. The molecule has 2 aromatic carbocycles. The number of amides is 1. The summed E-state index contributed by atoms with van der Waals surface area (Å²) in [5.41, 5.74) is 8.73. The number of aromatic nitrogens is 3. The molecule has 4 aromatic rings. The number of phenols is 1. The molecular weight excluding hydrogens is 368 g/mol. The molecule has 7 heteroatoms. The number of primary amides is 1. The first-order valence-electron chi connectivity index (χ1n) is 9.17. The van der Waals surface area contributed by atoms with Gasteiger partial charge in [0.05, 0.1) is 11.8 Å². The Labute approximate surface area is 167 Å². The Hall–Kier alpha value is -3.87. The van der Waals surface area contributed by atoms with Crippen LogP contribution in [0, 0.1) is 0 Å². The zero-order valence-electron chi connectivity index (χ0n) is 16.0. The minimum atomic E-state index is -0.664. The van der Waals surface area contributed by atoms with Crippen LogP contribution < -0.4 is 10.5 Å². The predicted octanol–water partition coefficient (Wildman–Crippen LogP) is 3.66. The van der Waals surface area contributed by atoms with Crippen molar-refractivity contribution in [1.29, 1.82) is 0 Å². The number of carbonyl (C=O) groups excluding carboxylic acids is 1. The van der Waals surface area contributed by atoms with Gasteiger partial charge in [-0.15, -0.1) is 0 Å². The summed E-state index contributed by atoms with van der Waals surface area (Å²) in [6.07, 6.45) is 3.13. The quantitative estimate of drug-likeness (QED) is 0.543. The summed E-state index contributed by atoms with van der Waals surface area (Å²) in [6, 6.07) is 14.8. The van der Waals surface area contributed by atoms with Crippen molar-refractivity contribution < 1.29 is 14.6 Å². The van der Waals surface area contributed by atoms with Gasteiger partial charge in [-0.3, -0.25) is 9.20 Å². The average molecular weight is 388 g/mol. The predicted molar refractivity (Wildman–Crippen MR) is 110 cm³/mol. The second kappa shape index (κ2) is 7.27. The molecule has 0 radical (unpaired) electrons. The minimum Gasteiger partial charge on any atom is -0.507 e. The van der Waals surface area contributed by atoms with E-state index in [-0.39, 0.29) is 17.5 Å². The Bertz CT molecular complexity index is 1200. The molecule has 0 spiro atoms. The molecular formula is C22H20N4O3. The van der Waals surface area contributed by atoms with Crippen LogP contribution in [0.5, 0.6) is 11.5 Å². The molecule has 7 nitrogen and oxygen atoms in total. The summed E-state index contributed by atoms with van der Waals surface area (Å²) in [5.74, 6) is -0.0539. The number of ether oxygens (including phenoxy) is 1. The Balaban J connectivity index is 1.99. The van der Waals surface area contributed by atoms with Crippen LogP contribution in [0.1, 0.15) is 24.3 Å². The number of aromatic hydroxyl groups is 1. The molecule has 0 fully saturated rings. The van der Waals surface area contributed by atoms with Crippen molar-refractivity contribution in [2.45, 2.75) is 20.0 Å². The number of nitrogens with zero attached hydrogens (tertiary/aromatic N) is 3. The van der Waals surface area contributed by atoms with E-state index in [9.17, 15) is 9.90 Å². The standard InChI is InChI=1S/C22H20N4O3/c1-13(2)29-15-8-9-16(18(27)10-15)20-17(14-6-4-3-5-7-14)11-24-22-19(21(23)28)25-12-26(20)22/h3-13,27H,1-2H3,(H2,23,28). The third kappa shape index (κ3) is 3.38. The summed E-state index contributed by atoms with van der Waals surface area (Å²) < 4.78 is 7.34. The van der Waals surface area contributed by atoms with Crippen molar-refractivity contribution in [2.75, 3.05) is 0 Å². The van der Waals surface area contributed by atoms with Crippen molar-refractivity contribution in [3.8, 4) is 33.9 Å². The molecule has 4 rings (SSSR count). The summed E-state index contributed by atoms with van der Waals surface area (Å²) >= 11 is 0. The highest BCUT2D eigenvalue weighted by molar-refractivity contribution is 5.98. The van der Waals surface area contributed by atoms with Crippen LogP contribution in [0.15, 0.2) is 61.1 Å². The molecule has 0 aliphatic heterocycles. The Morgan fingerprint density at radius 1 is 1.10 bits per heavy atom. The first-order chi connectivity index (χ1) is 14.0. The van der Waals surface area contributed by atoms with Crippen LogP contribution in [0.25, 0.3) is 28.0 Å². The van der Waals surface area contributed by atoms with Crippen LogP contribution in [-0.2, 0) is 0 Å². The van der Waals surface area contributed by atoms with Gasteiger partial charge in [0.2, 0.25) is 0 Å². The summed E-state index contributed by atoms with van der Waals surface area (Å²) in [6.45, 7) is 3.84. The van der Waals surface area contributed by atoms with Gasteiger partial charge in [0.1, 0.15) is 17.8 Å². The number of phenolic OH excluding ortho intramolecular Hbond substituents is 1. The molecule has 29 heavy (non-hydrogen) atoms. The van der Waals surface area contributed by atoms with E-state index in [1.54, 1.807) is 28.8 Å². The Kier molecular flexibility index (Phi) is 4.64. The van der Waals surface area contributed by atoms with E-state index in [2.05, 4.69) is 9.97 Å². The van der Waals surface area contributed by atoms with Crippen molar-refractivity contribution in [2.24, 2.45) is 5.73 Å². The van der Waals surface area contributed by atoms with Gasteiger partial charge in [-0.25, -0.2) is 9.97 Å². The van der Waals surface area contributed by atoms with Gasteiger partial charge in [0.25, 0.3) is 5.91 Å². The maximum atomic E-state index is 11.7. The topological polar surface area (TPSA) is 103 Å². The van der Waals surface area contributed by atoms with E-state index in [0.717, 1.165) is 11.1 Å². The van der Waals surface area contributed by atoms with Gasteiger partial charge in [0.15, 0.2) is 11.3 Å². The fourth-order valence-corrected chi connectivity index (χ4v) is 3.28. The lowest BCUT2D eigenvalue weighted by atomic mass is 9.99. The normalized spacial score (nSPS) is 11.1. The zero-order valence-corrected chi connectivity index (χ0v) is 16.0. The molecule has 2 heterocycles. The van der Waals surface area contributed by atoms with Gasteiger partial charge in [-0.1, -0.05) is 30.3 Å². The van der Waals surface area contributed by atoms with Gasteiger partial charge in [-0.05, 0) is 31.5 Å². The van der Waals surface area contributed by atoms with Crippen molar-refractivity contribution >= 4 is 11.6 Å². The third-order valence-corrected chi connectivity index (χ3v) is 4.47. The SMILES string of the molecule is CC(C)Oc1ccc(-c2c(-c3ccccc3)cnc3c(C(N)=O)ncn23)c(O)c1. The molecule has 0 saturated heterocycles. The largest absolute Gasteiger partial charge is 0.507 e. The fourth-order valence-electron chi connectivity index (χ4n) is 3.28. The first kappa shape index (κ1) is 18.5. The molecule has 2 aromatic heterocycles. The van der Waals surface area contributed by atoms with Crippen LogP contribution in [-0.4, -0.2) is 31.5 Å². The Morgan fingerprint density at radius 3 is 2.52 bits per heavy atom. The van der Waals surface area contributed by atoms with Crippen LogP contribution in [0.3, 0.4) is 0 Å². The molecule has 3 N–H and O–H groups in total. The summed E-state index contributed by atoms with van der Waals surface area (Å²) in [4.78, 5) is 20.3. The van der Waals surface area contributed by atoms with Gasteiger partial charge in [-0.2, -0.15) is 0 Å². The molecule has 1 amide bonds. The molecule has 0 unspecified atom stereocenters. The van der Waals surface area contributed by atoms with Crippen LogP contribution in [0.4, 0.5) is 0 Å². The smallest absolute Gasteiger partial charge is 0.271 e. The molecule has 0 saturated carbocycles. The summed E-state index contributed by atoms with van der Waals surface area (Å²) in [5, 5.41) is 10.8. The van der Waals surface area contributed by atoms with E-state index in [1.807, 2.05) is 44.2 Å². The van der Waals surface area contributed by atoms with E-state index in [1.165, 1.54) is 6.33 Å². The van der Waals surface area contributed by atoms with Crippen molar-refractivity contribution in [1.82, 2.24) is 14.4 Å². The second-order valence-corrected chi connectivity index (χ2v) is 6.88. The second-order valence-electron chi connectivity index (χ2n) is 6.88. The lowest BCUT2D eigenvalue weighted by molar-refractivity contribution is 0.0997. The zero-order chi connectivity index (χ0) is 20.5. The number of imidazole rings is 1. The summed E-state index contributed by atoms with van der Waals surface area (Å²) in [7, 11) is 0. The van der Waals surface area contributed by atoms with Gasteiger partial charge >= 0.3 is 0 Å². The van der Waals surface area contributed by atoms with Crippen LogP contribution >= 0.6 is 0 Å². The number of hydrogen-bond acceptors (Lipinski definition) is 5. The maximum absolute atomic E-state index is 11.7. The average Bonchev–Trinajstić information content (AvgIpc) is 3.12. The molecule has 0 aliphatic rings. The van der Waals surface area contributed by atoms with Crippen molar-refractivity contribution in [3.05, 3.63) is 66.7 Å². The minimum absolute atomic E-state index is 0.0143. The fraction of sp³-hybridized carbons (Fsp3) is 0.136. The molecule has 0 bridgehead atoms. The lowest BCUT2D eigenvalue weighted by Crippen LogP contribution is -2.12. The number of benzene rings is 2. The highest BCUT2D eigenvalue weighted by atomic mass is 16.5. The number of rotatable bonds is 5. The number of carbonyl (C=O) groups is 1. The highest BCUT2D eigenvalue weighted by Gasteiger charge is 2.20. The van der Waals surface area contributed by atoms with E-state index in [0.29, 0.717) is 22.7 Å². The highest BCUT2D eigenvalue weighted by Crippen LogP contribution is 2.38. The third-order valence-electron chi connectivity index (χ3n) is 4.47. The number of fused-ring (bicyclic) bond motifs is 1. The molecule has 0 aliphatic carbocycles. The maximum Gasteiger partial charge on any atom is 0.271 e. The van der Waals surface area contributed by atoms with Crippen molar-refractivity contribution in [3.63, 3.8) is 0 Å². The monoisotopic (exact) mass is 388 g/mol. The van der Waals surface area contributed by atoms with E-state index < -0.39 is 5.91 Å². The number of nitrogens with two attached hydrogens (primary N) is 1. The van der Waals surface area contributed by atoms with Gasteiger partial charge < -0.3 is 15.6 Å². The molecule has 0 atom stereocenters. The van der Waals surface area contributed by atoms with E-state index in [4.69, 9.17) is 10.5 Å². The van der Waals surface area contributed by atoms with E-state index >= 15 is 0 Å². The van der Waals surface area contributed by atoms with Crippen LogP contribution in [0.2, 0.25) is 0 Å². The number of hydrogen-bond donors (Lipinski definition) is 2. The lowest BCUT2D eigenvalue weighted by Gasteiger charge is -2.15.